The summed E-state index contributed by atoms with van der Waals surface area (Å²) in [5.41, 5.74) is 10.4. The molecule has 2 heteroatoms. The zero-order valence-corrected chi connectivity index (χ0v) is 8.77. The summed E-state index contributed by atoms with van der Waals surface area (Å²) in [6.45, 7) is 2.66. The predicted octanol–water partition coefficient (Wildman–Crippen LogP) is 2.52. The third-order valence-electron chi connectivity index (χ3n) is 2.52. The van der Waals surface area contributed by atoms with Crippen molar-refractivity contribution in [1.82, 2.24) is 4.98 Å². The van der Waals surface area contributed by atoms with Crippen LogP contribution >= 0.6 is 0 Å². The van der Waals surface area contributed by atoms with Crippen LogP contribution in [0.3, 0.4) is 0 Å². The topological polar surface area (TPSA) is 38.9 Å². The first-order valence-corrected chi connectivity index (χ1v) is 5.01. The van der Waals surface area contributed by atoms with Gasteiger partial charge >= 0.3 is 0 Å². The summed E-state index contributed by atoms with van der Waals surface area (Å²) in [6, 6.07) is 10.4. The number of aryl methyl sites for hydroxylation is 1. The van der Waals surface area contributed by atoms with Gasteiger partial charge in [0.15, 0.2) is 0 Å². The van der Waals surface area contributed by atoms with Crippen molar-refractivity contribution < 1.29 is 0 Å². The molecule has 0 fully saturated rings. The van der Waals surface area contributed by atoms with Crippen molar-refractivity contribution in [3.8, 4) is 11.1 Å². The normalized spacial score (nSPS) is 10.3. The van der Waals surface area contributed by atoms with E-state index in [1.165, 1.54) is 16.7 Å². The highest BCUT2D eigenvalue weighted by molar-refractivity contribution is 5.66. The molecule has 1 aromatic carbocycles. The Labute approximate surface area is 89.8 Å². The van der Waals surface area contributed by atoms with E-state index in [2.05, 4.69) is 36.2 Å². The monoisotopic (exact) mass is 198 g/mol. The van der Waals surface area contributed by atoms with Crippen molar-refractivity contribution >= 4 is 0 Å². The predicted molar refractivity (Wildman–Crippen MR) is 62.3 cm³/mol. The molecule has 0 aliphatic heterocycles. The van der Waals surface area contributed by atoms with E-state index < -0.39 is 0 Å². The van der Waals surface area contributed by atoms with Crippen molar-refractivity contribution in [2.24, 2.45) is 5.73 Å². The summed E-state index contributed by atoms with van der Waals surface area (Å²) in [7, 11) is 0. The summed E-state index contributed by atoms with van der Waals surface area (Å²) in [5, 5.41) is 0. The van der Waals surface area contributed by atoms with Crippen LogP contribution in [0.25, 0.3) is 11.1 Å². The Morgan fingerprint density at radius 1 is 1.13 bits per heavy atom. The highest BCUT2D eigenvalue weighted by Gasteiger charge is 2.00. The molecule has 0 amide bonds. The van der Waals surface area contributed by atoms with Gasteiger partial charge in [0.2, 0.25) is 0 Å². The van der Waals surface area contributed by atoms with Gasteiger partial charge in [-0.3, -0.25) is 4.98 Å². The van der Waals surface area contributed by atoms with Gasteiger partial charge in [-0.25, -0.2) is 0 Å². The first-order valence-electron chi connectivity index (χ1n) is 5.01. The van der Waals surface area contributed by atoms with E-state index in [-0.39, 0.29) is 0 Å². The zero-order valence-electron chi connectivity index (χ0n) is 8.77. The van der Waals surface area contributed by atoms with Crippen molar-refractivity contribution in [2.75, 3.05) is 0 Å². The lowest BCUT2D eigenvalue weighted by Crippen LogP contribution is -1.95. The summed E-state index contributed by atoms with van der Waals surface area (Å²) >= 11 is 0. The van der Waals surface area contributed by atoms with Gasteiger partial charge in [0.05, 0.1) is 0 Å². The Morgan fingerprint density at radius 3 is 2.47 bits per heavy atom. The lowest BCUT2D eigenvalue weighted by Gasteiger charge is -2.05. The summed E-state index contributed by atoms with van der Waals surface area (Å²) in [4.78, 5) is 4.08. The molecular formula is C13H14N2. The summed E-state index contributed by atoms with van der Waals surface area (Å²) in [6.07, 6.45) is 3.70. The average molecular weight is 198 g/mol. The van der Waals surface area contributed by atoms with Crippen LogP contribution in [0, 0.1) is 6.92 Å². The van der Waals surface area contributed by atoms with Crippen molar-refractivity contribution in [1.29, 1.82) is 0 Å². The number of nitrogens with zero attached hydrogens (tertiary/aromatic N) is 1. The van der Waals surface area contributed by atoms with Crippen molar-refractivity contribution in [3.63, 3.8) is 0 Å². The van der Waals surface area contributed by atoms with Gasteiger partial charge in [-0.05, 0) is 35.2 Å². The minimum absolute atomic E-state index is 0.593. The molecule has 0 atom stereocenters. The lowest BCUT2D eigenvalue weighted by atomic mass is 10.0. The molecule has 1 heterocycles. The molecule has 76 valence electrons. The number of hydrogen-bond acceptors (Lipinski definition) is 2. The molecule has 2 nitrogen and oxygen atoms in total. The number of rotatable bonds is 2. The molecule has 0 bridgehead atoms. The van der Waals surface area contributed by atoms with Crippen molar-refractivity contribution in [3.05, 3.63) is 53.9 Å². The van der Waals surface area contributed by atoms with Crippen LogP contribution in [0.5, 0.6) is 0 Å². The van der Waals surface area contributed by atoms with Crippen LogP contribution in [0.1, 0.15) is 11.1 Å². The molecule has 2 rings (SSSR count). The second kappa shape index (κ2) is 4.24. The molecule has 0 radical (unpaired) electrons. The van der Waals surface area contributed by atoms with Gasteiger partial charge in [-0.15, -0.1) is 0 Å². The molecule has 1 aromatic heterocycles. The number of hydrogen-bond donors (Lipinski definition) is 1. The molecule has 0 spiro atoms. The molecule has 0 saturated heterocycles. The van der Waals surface area contributed by atoms with Crippen LogP contribution in [0.15, 0.2) is 42.7 Å². The maximum atomic E-state index is 5.56. The maximum Gasteiger partial charge on any atom is 0.0303 e. The summed E-state index contributed by atoms with van der Waals surface area (Å²) < 4.78 is 0. The molecule has 0 saturated carbocycles. The summed E-state index contributed by atoms with van der Waals surface area (Å²) in [5.74, 6) is 0. The largest absolute Gasteiger partial charge is 0.326 e. The minimum Gasteiger partial charge on any atom is -0.326 e. The van der Waals surface area contributed by atoms with E-state index in [9.17, 15) is 0 Å². The van der Waals surface area contributed by atoms with Crippen molar-refractivity contribution in [2.45, 2.75) is 13.5 Å². The number of nitrogens with two attached hydrogens (primary N) is 1. The number of pyridine rings is 1. The molecule has 0 aliphatic carbocycles. The van der Waals surface area contributed by atoms with E-state index in [0.29, 0.717) is 6.54 Å². The third kappa shape index (κ3) is 2.05. The minimum atomic E-state index is 0.593. The van der Waals surface area contributed by atoms with Gasteiger partial charge in [-0.1, -0.05) is 24.3 Å². The van der Waals surface area contributed by atoms with E-state index in [4.69, 9.17) is 5.73 Å². The fourth-order valence-electron chi connectivity index (χ4n) is 1.62. The first-order chi connectivity index (χ1) is 7.31. The van der Waals surface area contributed by atoms with Gasteiger partial charge in [0, 0.05) is 18.9 Å². The zero-order chi connectivity index (χ0) is 10.7. The molecule has 0 aliphatic rings. The van der Waals surface area contributed by atoms with Gasteiger partial charge in [-0.2, -0.15) is 0 Å². The van der Waals surface area contributed by atoms with Crippen LogP contribution < -0.4 is 5.73 Å². The molecule has 0 unspecified atom stereocenters. The molecule has 2 aromatic rings. The SMILES string of the molecule is Cc1cnccc1-c1ccc(CN)cc1. The number of aromatic nitrogens is 1. The highest BCUT2D eigenvalue weighted by atomic mass is 14.6. The fraction of sp³-hybridized carbons (Fsp3) is 0.154. The van der Waals surface area contributed by atoms with E-state index in [1.54, 1.807) is 0 Å². The van der Waals surface area contributed by atoms with Gasteiger partial charge < -0.3 is 5.73 Å². The molecule has 15 heavy (non-hydrogen) atoms. The van der Waals surface area contributed by atoms with Crippen LogP contribution in [-0.4, -0.2) is 4.98 Å². The van der Waals surface area contributed by atoms with Crippen LogP contribution in [-0.2, 0) is 6.54 Å². The van der Waals surface area contributed by atoms with E-state index in [1.807, 2.05) is 18.5 Å². The van der Waals surface area contributed by atoms with E-state index >= 15 is 0 Å². The van der Waals surface area contributed by atoms with Gasteiger partial charge in [0.1, 0.15) is 0 Å². The fourth-order valence-corrected chi connectivity index (χ4v) is 1.62. The second-order valence-electron chi connectivity index (χ2n) is 3.59. The Hall–Kier alpha value is -1.67. The Morgan fingerprint density at radius 2 is 1.87 bits per heavy atom. The smallest absolute Gasteiger partial charge is 0.0303 e. The first kappa shape index (κ1) is 9.87. The third-order valence-corrected chi connectivity index (χ3v) is 2.52. The quantitative estimate of drug-likeness (QED) is 0.805. The van der Waals surface area contributed by atoms with Crippen LogP contribution in [0.2, 0.25) is 0 Å². The van der Waals surface area contributed by atoms with Crippen LogP contribution in [0.4, 0.5) is 0 Å². The molecule has 2 N–H and O–H groups in total. The Kier molecular flexibility index (Phi) is 2.79. The van der Waals surface area contributed by atoms with E-state index in [0.717, 1.165) is 5.56 Å². The molecular weight excluding hydrogens is 184 g/mol. The standard InChI is InChI=1S/C13H14N2/c1-10-9-15-7-6-13(10)12-4-2-11(8-14)3-5-12/h2-7,9H,8,14H2,1H3. The lowest BCUT2D eigenvalue weighted by molar-refractivity contribution is 1.07. The highest BCUT2D eigenvalue weighted by Crippen LogP contribution is 2.22. The second-order valence-corrected chi connectivity index (χ2v) is 3.59. The average Bonchev–Trinajstić information content (AvgIpc) is 2.30. The number of benzene rings is 1. The Bertz CT molecular complexity index is 446. The Balaban J connectivity index is 2.42. The maximum absolute atomic E-state index is 5.56. The van der Waals surface area contributed by atoms with Gasteiger partial charge in [0.25, 0.3) is 0 Å².